The normalized spacial score (nSPS) is 25.1. The summed E-state index contributed by atoms with van der Waals surface area (Å²) in [6.07, 6.45) is 2.81. The molecule has 0 bridgehead atoms. The van der Waals surface area contributed by atoms with Crippen molar-refractivity contribution in [3.63, 3.8) is 0 Å². The lowest BCUT2D eigenvalue weighted by Crippen LogP contribution is -2.38. The van der Waals surface area contributed by atoms with E-state index in [0.29, 0.717) is 29.7 Å². The molecule has 0 aromatic carbocycles. The van der Waals surface area contributed by atoms with Crippen molar-refractivity contribution < 1.29 is 9.21 Å². The van der Waals surface area contributed by atoms with Crippen LogP contribution in [0.25, 0.3) is 0 Å². The first-order valence-corrected chi connectivity index (χ1v) is 6.39. The van der Waals surface area contributed by atoms with Crippen LogP contribution in [0.2, 0.25) is 0 Å². The highest BCUT2D eigenvalue weighted by molar-refractivity contribution is 5.94. The van der Waals surface area contributed by atoms with Gasteiger partial charge in [-0.3, -0.25) is 15.1 Å². The fraction of sp³-hybridized carbons (Fsp3) is 0.615. The fourth-order valence-electron chi connectivity index (χ4n) is 2.87. The van der Waals surface area contributed by atoms with Gasteiger partial charge < -0.3 is 4.42 Å². The van der Waals surface area contributed by atoms with Crippen LogP contribution >= 0.6 is 0 Å². The van der Waals surface area contributed by atoms with E-state index >= 15 is 0 Å². The highest BCUT2D eigenvalue weighted by Gasteiger charge is 2.24. The SMILES string of the molecule is CC1CC(C)CN(Cc2occc2C(=O)NN)C1. The lowest BCUT2D eigenvalue weighted by atomic mass is 9.92. The molecule has 2 unspecified atom stereocenters. The fourth-order valence-corrected chi connectivity index (χ4v) is 2.87. The van der Waals surface area contributed by atoms with Crippen LogP contribution < -0.4 is 11.3 Å². The summed E-state index contributed by atoms with van der Waals surface area (Å²) in [5.74, 6) is 6.93. The van der Waals surface area contributed by atoms with Crippen LogP contribution in [0, 0.1) is 11.8 Å². The van der Waals surface area contributed by atoms with Gasteiger partial charge in [0, 0.05) is 13.1 Å². The standard InChI is InChI=1S/C13H21N3O2/c1-9-5-10(2)7-16(6-9)8-12-11(3-4-18-12)13(17)15-14/h3-4,9-10H,5-8,14H2,1-2H3,(H,15,17). The molecule has 5 nitrogen and oxygen atoms in total. The van der Waals surface area contributed by atoms with Gasteiger partial charge in [-0.1, -0.05) is 13.8 Å². The van der Waals surface area contributed by atoms with Gasteiger partial charge in [0.05, 0.1) is 18.4 Å². The van der Waals surface area contributed by atoms with Gasteiger partial charge in [-0.15, -0.1) is 0 Å². The minimum Gasteiger partial charge on any atom is -0.467 e. The second kappa shape index (κ2) is 5.54. The zero-order valence-corrected chi connectivity index (χ0v) is 11.0. The molecule has 0 radical (unpaired) electrons. The molecule has 2 heterocycles. The first-order chi connectivity index (χ1) is 8.60. The average molecular weight is 251 g/mol. The second-order valence-electron chi connectivity index (χ2n) is 5.37. The Morgan fingerprint density at radius 2 is 2.17 bits per heavy atom. The molecule has 1 saturated heterocycles. The Kier molecular flexibility index (Phi) is 4.04. The molecule has 1 aromatic rings. The molecule has 1 fully saturated rings. The van der Waals surface area contributed by atoms with Gasteiger partial charge in [0.2, 0.25) is 0 Å². The predicted octanol–water partition coefficient (Wildman–Crippen LogP) is 1.36. The summed E-state index contributed by atoms with van der Waals surface area (Å²) < 4.78 is 5.40. The maximum absolute atomic E-state index is 11.6. The van der Waals surface area contributed by atoms with E-state index in [1.54, 1.807) is 6.07 Å². The molecule has 0 aliphatic carbocycles. The summed E-state index contributed by atoms with van der Waals surface area (Å²) in [6, 6.07) is 1.66. The maximum Gasteiger partial charge on any atom is 0.268 e. The third-order valence-electron chi connectivity index (χ3n) is 3.43. The summed E-state index contributed by atoms with van der Waals surface area (Å²) in [5, 5.41) is 0. The molecule has 1 aliphatic heterocycles. The number of nitrogens with one attached hydrogen (secondary N) is 1. The third-order valence-corrected chi connectivity index (χ3v) is 3.43. The molecule has 3 N–H and O–H groups in total. The quantitative estimate of drug-likeness (QED) is 0.483. The topological polar surface area (TPSA) is 71.5 Å². The Bertz CT molecular complexity index is 406. The highest BCUT2D eigenvalue weighted by atomic mass is 16.3. The maximum atomic E-state index is 11.6. The number of nitrogens with zero attached hydrogens (tertiary/aromatic N) is 1. The Hall–Kier alpha value is -1.33. The van der Waals surface area contributed by atoms with Crippen LogP contribution in [0.4, 0.5) is 0 Å². The number of likely N-dealkylation sites (tertiary alicyclic amines) is 1. The van der Waals surface area contributed by atoms with E-state index in [4.69, 9.17) is 10.3 Å². The van der Waals surface area contributed by atoms with Crippen molar-refractivity contribution in [2.24, 2.45) is 17.7 Å². The molecule has 2 rings (SSSR count). The number of carbonyl (C=O) groups is 1. The minimum atomic E-state index is -0.295. The van der Waals surface area contributed by atoms with Gasteiger partial charge in [0.25, 0.3) is 5.91 Å². The molecule has 5 heteroatoms. The number of piperidine rings is 1. The number of hydrogen-bond donors (Lipinski definition) is 2. The monoisotopic (exact) mass is 251 g/mol. The van der Waals surface area contributed by atoms with Crippen molar-refractivity contribution in [1.29, 1.82) is 0 Å². The average Bonchev–Trinajstić information content (AvgIpc) is 2.74. The molecular weight excluding hydrogens is 230 g/mol. The van der Waals surface area contributed by atoms with Gasteiger partial charge in [0.1, 0.15) is 5.76 Å². The number of rotatable bonds is 3. The Labute approximate surface area is 107 Å². The molecule has 18 heavy (non-hydrogen) atoms. The van der Waals surface area contributed by atoms with Crippen molar-refractivity contribution in [2.75, 3.05) is 13.1 Å². The zero-order chi connectivity index (χ0) is 13.1. The molecule has 1 amide bonds. The van der Waals surface area contributed by atoms with Crippen LogP contribution in [-0.2, 0) is 6.54 Å². The predicted molar refractivity (Wildman–Crippen MR) is 68.6 cm³/mol. The minimum absolute atomic E-state index is 0.295. The van der Waals surface area contributed by atoms with E-state index in [-0.39, 0.29) is 5.91 Å². The summed E-state index contributed by atoms with van der Waals surface area (Å²) >= 11 is 0. The van der Waals surface area contributed by atoms with Gasteiger partial charge in [-0.2, -0.15) is 0 Å². The largest absolute Gasteiger partial charge is 0.467 e. The number of carbonyl (C=O) groups excluding carboxylic acids is 1. The van der Waals surface area contributed by atoms with E-state index in [2.05, 4.69) is 24.2 Å². The number of amides is 1. The molecule has 0 saturated carbocycles. The summed E-state index contributed by atoms with van der Waals surface area (Å²) in [5.41, 5.74) is 2.68. The summed E-state index contributed by atoms with van der Waals surface area (Å²) in [6.45, 7) is 7.30. The second-order valence-corrected chi connectivity index (χ2v) is 5.37. The molecule has 1 aliphatic rings. The lowest BCUT2D eigenvalue weighted by Gasteiger charge is -2.34. The molecule has 2 atom stereocenters. The summed E-state index contributed by atoms with van der Waals surface area (Å²) in [4.78, 5) is 13.9. The Morgan fingerprint density at radius 3 is 2.78 bits per heavy atom. The van der Waals surface area contributed by atoms with Gasteiger partial charge >= 0.3 is 0 Å². The number of furan rings is 1. The van der Waals surface area contributed by atoms with Crippen molar-refractivity contribution in [1.82, 2.24) is 10.3 Å². The van der Waals surface area contributed by atoms with Gasteiger partial charge in [0.15, 0.2) is 0 Å². The van der Waals surface area contributed by atoms with Crippen molar-refractivity contribution >= 4 is 5.91 Å². The van der Waals surface area contributed by atoms with E-state index < -0.39 is 0 Å². The van der Waals surface area contributed by atoms with Crippen LogP contribution in [0.15, 0.2) is 16.7 Å². The van der Waals surface area contributed by atoms with Crippen molar-refractivity contribution in [3.8, 4) is 0 Å². The number of hydrogen-bond acceptors (Lipinski definition) is 4. The van der Waals surface area contributed by atoms with E-state index in [1.165, 1.54) is 12.7 Å². The first kappa shape index (κ1) is 13.1. The van der Waals surface area contributed by atoms with Crippen LogP contribution in [0.5, 0.6) is 0 Å². The smallest absolute Gasteiger partial charge is 0.268 e. The van der Waals surface area contributed by atoms with E-state index in [0.717, 1.165) is 13.1 Å². The lowest BCUT2D eigenvalue weighted by molar-refractivity contribution is 0.0944. The van der Waals surface area contributed by atoms with Crippen LogP contribution in [0.3, 0.4) is 0 Å². The van der Waals surface area contributed by atoms with Gasteiger partial charge in [-0.25, -0.2) is 5.84 Å². The van der Waals surface area contributed by atoms with Crippen molar-refractivity contribution in [3.05, 3.63) is 23.7 Å². The van der Waals surface area contributed by atoms with Crippen LogP contribution in [-0.4, -0.2) is 23.9 Å². The zero-order valence-electron chi connectivity index (χ0n) is 11.0. The number of nitrogen functional groups attached to an aromatic ring is 1. The van der Waals surface area contributed by atoms with E-state index in [1.807, 2.05) is 0 Å². The van der Waals surface area contributed by atoms with Crippen molar-refractivity contribution in [2.45, 2.75) is 26.8 Å². The first-order valence-electron chi connectivity index (χ1n) is 6.39. The molecular formula is C13H21N3O2. The van der Waals surface area contributed by atoms with Crippen LogP contribution in [0.1, 0.15) is 36.4 Å². The molecule has 0 spiro atoms. The Morgan fingerprint density at radius 1 is 1.50 bits per heavy atom. The highest BCUT2D eigenvalue weighted by Crippen LogP contribution is 2.23. The van der Waals surface area contributed by atoms with Gasteiger partial charge in [-0.05, 0) is 24.3 Å². The number of hydrazine groups is 1. The molecule has 100 valence electrons. The van der Waals surface area contributed by atoms with E-state index in [9.17, 15) is 4.79 Å². The Balaban J connectivity index is 2.05. The third kappa shape index (κ3) is 2.91. The molecule has 1 aromatic heterocycles. The summed E-state index contributed by atoms with van der Waals surface area (Å²) in [7, 11) is 0. The number of nitrogens with two attached hydrogens (primary N) is 1.